The van der Waals surface area contributed by atoms with Gasteiger partial charge in [0.1, 0.15) is 12.6 Å². The molecule has 1 aliphatic carbocycles. The van der Waals surface area contributed by atoms with Crippen LogP contribution in [0.2, 0.25) is 5.02 Å². The van der Waals surface area contributed by atoms with Crippen LogP contribution in [0.1, 0.15) is 48.8 Å². The fraction of sp³-hybridized carbons (Fsp3) is 0.297. The number of hydrogen-bond acceptors (Lipinski definition) is 4. The second-order valence-corrected chi connectivity index (χ2v) is 14.2. The van der Waals surface area contributed by atoms with Crippen LogP contribution in [0.15, 0.2) is 114 Å². The Morgan fingerprint density at radius 2 is 1.41 bits per heavy atom. The molecule has 0 radical (unpaired) electrons. The summed E-state index contributed by atoms with van der Waals surface area (Å²) in [5.74, 6) is -0.736. The molecule has 4 aromatic rings. The lowest BCUT2D eigenvalue weighted by atomic mass is 9.94. The zero-order chi connectivity index (χ0) is 32.5. The molecule has 46 heavy (non-hydrogen) atoms. The largest absolute Gasteiger partial charge is 0.352 e. The number of halogens is 1. The summed E-state index contributed by atoms with van der Waals surface area (Å²) < 4.78 is 29.4. The Balaban J connectivity index is 1.54. The zero-order valence-corrected chi connectivity index (χ0v) is 27.6. The second kappa shape index (κ2) is 15.4. The smallest absolute Gasteiger partial charge is 0.264 e. The molecular weight excluding hydrogens is 618 g/mol. The van der Waals surface area contributed by atoms with Gasteiger partial charge < -0.3 is 10.2 Å². The molecule has 9 heteroatoms. The number of benzene rings is 4. The number of para-hydroxylation sites is 1. The van der Waals surface area contributed by atoms with Crippen LogP contribution in [0, 0.1) is 6.92 Å². The van der Waals surface area contributed by atoms with Gasteiger partial charge in [0.15, 0.2) is 0 Å². The molecule has 5 rings (SSSR count). The molecule has 0 aromatic heterocycles. The molecule has 7 nitrogen and oxygen atoms in total. The standard InChI is InChI=1S/C37H40ClN3O4S/c1-28-17-23-34(24-18-28)46(44,45)41(33-15-9-4-10-16-33)27-36(42)40(26-30-19-21-31(38)22-20-30)35(25-29-11-5-2-6-12-29)37(43)39-32-13-7-3-8-14-32/h2,4-6,9-12,15-24,32,35H,3,7-8,13-14,25-27H2,1H3,(H,39,43)/t35-/m1/s1. The van der Waals surface area contributed by atoms with Crippen molar-refractivity contribution in [1.29, 1.82) is 0 Å². The predicted molar refractivity (Wildman–Crippen MR) is 183 cm³/mol. The lowest BCUT2D eigenvalue weighted by molar-refractivity contribution is -0.140. The molecule has 1 N–H and O–H groups in total. The number of anilines is 1. The molecule has 0 saturated heterocycles. The van der Waals surface area contributed by atoms with Crippen LogP contribution < -0.4 is 9.62 Å². The van der Waals surface area contributed by atoms with Crippen molar-refractivity contribution in [3.8, 4) is 0 Å². The zero-order valence-electron chi connectivity index (χ0n) is 26.0. The van der Waals surface area contributed by atoms with Crippen LogP contribution in [-0.4, -0.2) is 43.8 Å². The summed E-state index contributed by atoms with van der Waals surface area (Å²) >= 11 is 6.18. The highest BCUT2D eigenvalue weighted by atomic mass is 35.5. The van der Waals surface area contributed by atoms with E-state index in [1.165, 1.54) is 4.90 Å². The van der Waals surface area contributed by atoms with E-state index in [1.807, 2.05) is 49.4 Å². The maximum atomic E-state index is 14.6. The molecule has 1 atom stereocenters. The van der Waals surface area contributed by atoms with Crippen molar-refractivity contribution >= 4 is 39.1 Å². The van der Waals surface area contributed by atoms with E-state index in [-0.39, 0.29) is 29.8 Å². The molecule has 4 aromatic carbocycles. The van der Waals surface area contributed by atoms with Crippen LogP contribution >= 0.6 is 11.6 Å². The summed E-state index contributed by atoms with van der Waals surface area (Å²) in [5, 5.41) is 3.78. The van der Waals surface area contributed by atoms with Gasteiger partial charge in [0.05, 0.1) is 10.6 Å². The highest BCUT2D eigenvalue weighted by molar-refractivity contribution is 7.92. The minimum atomic E-state index is -4.14. The van der Waals surface area contributed by atoms with Gasteiger partial charge in [-0.2, -0.15) is 0 Å². The summed E-state index contributed by atoms with van der Waals surface area (Å²) in [7, 11) is -4.14. The number of nitrogens with zero attached hydrogens (tertiary/aromatic N) is 2. The van der Waals surface area contributed by atoms with Gasteiger partial charge in [-0.15, -0.1) is 0 Å². The van der Waals surface area contributed by atoms with E-state index in [1.54, 1.807) is 66.7 Å². The minimum absolute atomic E-state index is 0.0368. The van der Waals surface area contributed by atoms with Crippen molar-refractivity contribution in [3.05, 3.63) is 131 Å². The van der Waals surface area contributed by atoms with Crippen molar-refractivity contribution in [2.24, 2.45) is 0 Å². The van der Waals surface area contributed by atoms with E-state index < -0.39 is 28.5 Å². The normalized spacial score (nSPS) is 14.3. The van der Waals surface area contributed by atoms with E-state index in [0.29, 0.717) is 10.7 Å². The summed E-state index contributed by atoms with van der Waals surface area (Å²) in [4.78, 5) is 30.3. The van der Waals surface area contributed by atoms with Crippen LogP contribution in [0.3, 0.4) is 0 Å². The molecule has 1 aliphatic rings. The lowest BCUT2D eigenvalue weighted by Gasteiger charge is -2.35. The van der Waals surface area contributed by atoms with Crippen LogP contribution in [0.25, 0.3) is 0 Å². The summed E-state index contributed by atoms with van der Waals surface area (Å²) in [5.41, 5.74) is 2.94. The lowest BCUT2D eigenvalue weighted by Crippen LogP contribution is -2.55. The highest BCUT2D eigenvalue weighted by Gasteiger charge is 2.35. The number of rotatable bonds is 12. The third-order valence-electron chi connectivity index (χ3n) is 8.42. The quantitative estimate of drug-likeness (QED) is 0.179. The third-order valence-corrected chi connectivity index (χ3v) is 10.5. The van der Waals surface area contributed by atoms with Gasteiger partial charge in [0.25, 0.3) is 10.0 Å². The minimum Gasteiger partial charge on any atom is -0.352 e. The first-order chi connectivity index (χ1) is 22.2. The SMILES string of the molecule is Cc1ccc(S(=O)(=O)N(CC(=O)N(Cc2ccc(Cl)cc2)[C@H](Cc2ccccc2)C(=O)NC2CCCCC2)c2ccccc2)cc1. The number of amides is 2. The van der Waals surface area contributed by atoms with Gasteiger partial charge in [-0.25, -0.2) is 8.42 Å². The number of hydrogen-bond donors (Lipinski definition) is 1. The van der Waals surface area contributed by atoms with Crippen LogP contribution in [-0.2, 0) is 32.6 Å². The Morgan fingerprint density at radius 3 is 2.04 bits per heavy atom. The van der Waals surface area contributed by atoms with E-state index in [2.05, 4.69) is 5.32 Å². The molecule has 1 fully saturated rings. The number of nitrogens with one attached hydrogen (secondary N) is 1. The van der Waals surface area contributed by atoms with Crippen molar-refractivity contribution in [1.82, 2.24) is 10.2 Å². The number of sulfonamides is 1. The number of carbonyl (C=O) groups is 2. The Morgan fingerprint density at radius 1 is 0.804 bits per heavy atom. The fourth-order valence-electron chi connectivity index (χ4n) is 5.85. The maximum absolute atomic E-state index is 14.6. The van der Waals surface area contributed by atoms with Crippen LogP contribution in [0.4, 0.5) is 5.69 Å². The first-order valence-electron chi connectivity index (χ1n) is 15.7. The predicted octanol–water partition coefficient (Wildman–Crippen LogP) is 6.93. The highest BCUT2D eigenvalue weighted by Crippen LogP contribution is 2.26. The van der Waals surface area contributed by atoms with E-state index in [9.17, 15) is 18.0 Å². The number of aryl methyl sites for hydroxylation is 1. The van der Waals surface area contributed by atoms with Crippen LogP contribution in [0.5, 0.6) is 0 Å². The van der Waals surface area contributed by atoms with Gasteiger partial charge in [-0.3, -0.25) is 13.9 Å². The molecule has 2 amide bonds. The first-order valence-corrected chi connectivity index (χ1v) is 17.6. The molecule has 0 heterocycles. The topological polar surface area (TPSA) is 86.8 Å². The Kier molecular flexibility index (Phi) is 11.1. The molecule has 240 valence electrons. The average Bonchev–Trinajstić information content (AvgIpc) is 3.07. The third kappa shape index (κ3) is 8.56. The van der Waals surface area contributed by atoms with E-state index in [0.717, 1.165) is 53.1 Å². The van der Waals surface area contributed by atoms with Crippen molar-refractivity contribution in [2.75, 3.05) is 10.8 Å². The Bertz CT molecular complexity index is 1690. The van der Waals surface area contributed by atoms with Crippen molar-refractivity contribution < 1.29 is 18.0 Å². The molecule has 0 spiro atoms. The van der Waals surface area contributed by atoms with Gasteiger partial charge in [-0.05, 0) is 67.3 Å². The van der Waals surface area contributed by atoms with Gasteiger partial charge in [0, 0.05) is 24.0 Å². The Hall–Kier alpha value is -4.14. The van der Waals surface area contributed by atoms with Gasteiger partial charge >= 0.3 is 0 Å². The average molecular weight is 658 g/mol. The van der Waals surface area contributed by atoms with E-state index >= 15 is 0 Å². The van der Waals surface area contributed by atoms with E-state index in [4.69, 9.17) is 11.6 Å². The van der Waals surface area contributed by atoms with Crippen molar-refractivity contribution in [3.63, 3.8) is 0 Å². The second-order valence-electron chi connectivity index (χ2n) is 11.9. The summed E-state index contributed by atoms with van der Waals surface area (Å²) in [6.07, 6.45) is 5.30. The molecule has 0 aliphatic heterocycles. The molecular formula is C37H40ClN3O4S. The Labute approximate surface area is 277 Å². The van der Waals surface area contributed by atoms with Crippen molar-refractivity contribution in [2.45, 2.75) is 69.0 Å². The first kappa shape index (κ1) is 33.2. The fourth-order valence-corrected chi connectivity index (χ4v) is 7.39. The number of carbonyl (C=O) groups excluding carboxylic acids is 2. The maximum Gasteiger partial charge on any atom is 0.264 e. The summed E-state index contributed by atoms with van der Waals surface area (Å²) in [6.45, 7) is 1.49. The molecule has 1 saturated carbocycles. The molecule has 0 unspecified atom stereocenters. The monoisotopic (exact) mass is 657 g/mol. The summed E-state index contributed by atoms with van der Waals surface area (Å²) in [6, 6.07) is 31.0. The van der Waals surface area contributed by atoms with Gasteiger partial charge in [0.2, 0.25) is 11.8 Å². The molecule has 0 bridgehead atoms. The van der Waals surface area contributed by atoms with Gasteiger partial charge in [-0.1, -0.05) is 109 Å².